The molecule has 2 aromatic rings. The third-order valence-electron chi connectivity index (χ3n) is 5.76. The van der Waals surface area contributed by atoms with Gasteiger partial charge in [-0.25, -0.2) is 8.42 Å². The standard InChI is InChI=1S/C21H26N2O3S2/c1-15(2)16-5-7-17(8-6-16)23-20-14-28(25,26)13-19(20)22(12-21(23)24)10-9-18-4-3-11-27-18/h3-8,11,15,19-20H,9-10,12-14H2,1-2H3. The number of anilines is 1. The molecule has 2 unspecified atom stereocenters. The van der Waals surface area contributed by atoms with E-state index >= 15 is 0 Å². The van der Waals surface area contributed by atoms with E-state index in [4.69, 9.17) is 0 Å². The highest BCUT2D eigenvalue weighted by Crippen LogP contribution is 2.32. The zero-order valence-corrected chi connectivity index (χ0v) is 17.9. The van der Waals surface area contributed by atoms with Crippen molar-refractivity contribution in [3.8, 4) is 0 Å². The summed E-state index contributed by atoms with van der Waals surface area (Å²) in [5.74, 6) is 0.584. The van der Waals surface area contributed by atoms with Crippen LogP contribution in [-0.4, -0.2) is 55.9 Å². The molecule has 2 atom stereocenters. The first kappa shape index (κ1) is 19.6. The number of sulfone groups is 1. The number of hydrogen-bond donors (Lipinski definition) is 0. The van der Waals surface area contributed by atoms with Crippen molar-refractivity contribution in [2.45, 2.75) is 38.3 Å². The second-order valence-electron chi connectivity index (χ2n) is 8.02. The van der Waals surface area contributed by atoms with E-state index in [1.165, 1.54) is 10.4 Å². The molecule has 0 aliphatic carbocycles. The van der Waals surface area contributed by atoms with E-state index in [1.54, 1.807) is 16.2 Å². The molecule has 0 N–H and O–H groups in total. The summed E-state index contributed by atoms with van der Waals surface area (Å²) >= 11 is 1.70. The molecule has 1 aromatic carbocycles. The summed E-state index contributed by atoms with van der Waals surface area (Å²) in [6.07, 6.45) is 0.845. The summed E-state index contributed by atoms with van der Waals surface area (Å²) in [6.45, 7) is 5.25. The molecular formula is C21H26N2O3S2. The van der Waals surface area contributed by atoms with Gasteiger partial charge in [0.05, 0.1) is 24.1 Å². The quantitative estimate of drug-likeness (QED) is 0.749. The van der Waals surface area contributed by atoms with Gasteiger partial charge >= 0.3 is 0 Å². The average molecular weight is 419 g/mol. The lowest BCUT2D eigenvalue weighted by atomic mass is 10.00. The van der Waals surface area contributed by atoms with E-state index in [-0.39, 0.29) is 36.0 Å². The maximum atomic E-state index is 13.0. The predicted molar refractivity (Wildman–Crippen MR) is 114 cm³/mol. The van der Waals surface area contributed by atoms with Gasteiger partial charge in [0.15, 0.2) is 9.84 Å². The van der Waals surface area contributed by atoms with Gasteiger partial charge in [0.1, 0.15) is 0 Å². The van der Waals surface area contributed by atoms with Crippen LogP contribution in [0.1, 0.15) is 30.2 Å². The van der Waals surface area contributed by atoms with Gasteiger partial charge in [-0.3, -0.25) is 9.69 Å². The van der Waals surface area contributed by atoms with Crippen molar-refractivity contribution in [2.24, 2.45) is 0 Å². The first-order valence-corrected chi connectivity index (χ1v) is 12.4. The maximum Gasteiger partial charge on any atom is 0.241 e. The van der Waals surface area contributed by atoms with Crippen LogP contribution >= 0.6 is 11.3 Å². The molecule has 28 heavy (non-hydrogen) atoms. The van der Waals surface area contributed by atoms with Crippen molar-refractivity contribution in [1.82, 2.24) is 4.90 Å². The molecule has 1 amide bonds. The van der Waals surface area contributed by atoms with Gasteiger partial charge in [-0.2, -0.15) is 0 Å². The van der Waals surface area contributed by atoms with Crippen molar-refractivity contribution < 1.29 is 13.2 Å². The lowest BCUT2D eigenvalue weighted by Crippen LogP contribution is -2.62. The summed E-state index contributed by atoms with van der Waals surface area (Å²) in [7, 11) is -3.15. The van der Waals surface area contributed by atoms with Gasteiger partial charge in [0.25, 0.3) is 0 Å². The Morgan fingerprint density at radius 1 is 1.11 bits per heavy atom. The summed E-state index contributed by atoms with van der Waals surface area (Å²) in [6, 6.07) is 11.7. The van der Waals surface area contributed by atoms with Gasteiger partial charge < -0.3 is 4.90 Å². The Balaban J connectivity index is 1.59. The third kappa shape index (κ3) is 3.88. The summed E-state index contributed by atoms with van der Waals surface area (Å²) in [5, 5.41) is 2.04. The summed E-state index contributed by atoms with van der Waals surface area (Å²) in [4.78, 5) is 18.1. The van der Waals surface area contributed by atoms with Crippen LogP contribution in [0.25, 0.3) is 0 Å². The number of hydrogen-bond acceptors (Lipinski definition) is 5. The minimum absolute atomic E-state index is 0.0122. The van der Waals surface area contributed by atoms with E-state index in [2.05, 4.69) is 24.8 Å². The van der Waals surface area contributed by atoms with Crippen LogP contribution in [0.4, 0.5) is 5.69 Å². The van der Waals surface area contributed by atoms with Crippen LogP contribution in [-0.2, 0) is 21.1 Å². The second kappa shape index (κ2) is 7.61. The minimum Gasteiger partial charge on any atom is -0.306 e. The normalized spacial score (nSPS) is 24.7. The fourth-order valence-corrected chi connectivity index (χ4v) is 6.95. The monoisotopic (exact) mass is 418 g/mol. The molecule has 0 radical (unpaired) electrons. The van der Waals surface area contributed by atoms with E-state index in [0.29, 0.717) is 12.5 Å². The lowest BCUT2D eigenvalue weighted by molar-refractivity contribution is -0.123. The number of thiophene rings is 1. The molecule has 0 spiro atoms. The molecule has 2 fully saturated rings. The van der Waals surface area contributed by atoms with Crippen molar-refractivity contribution in [2.75, 3.05) is 29.5 Å². The lowest BCUT2D eigenvalue weighted by Gasteiger charge is -2.43. The Hall–Kier alpha value is -1.70. The van der Waals surface area contributed by atoms with Crippen LogP contribution in [0.3, 0.4) is 0 Å². The Bertz CT molecular complexity index is 937. The van der Waals surface area contributed by atoms with E-state index in [1.807, 2.05) is 35.7 Å². The smallest absolute Gasteiger partial charge is 0.241 e. The Morgan fingerprint density at radius 2 is 1.82 bits per heavy atom. The largest absolute Gasteiger partial charge is 0.306 e. The zero-order chi connectivity index (χ0) is 19.9. The van der Waals surface area contributed by atoms with E-state index in [0.717, 1.165) is 12.1 Å². The van der Waals surface area contributed by atoms with Gasteiger partial charge in [-0.05, 0) is 41.5 Å². The molecule has 0 saturated carbocycles. The van der Waals surface area contributed by atoms with Crippen LogP contribution in [0.5, 0.6) is 0 Å². The molecule has 0 bridgehead atoms. The molecule has 5 nitrogen and oxygen atoms in total. The first-order chi connectivity index (χ1) is 13.3. The molecular weight excluding hydrogens is 392 g/mol. The molecule has 1 aromatic heterocycles. The number of carbonyl (C=O) groups is 1. The highest BCUT2D eigenvalue weighted by atomic mass is 32.2. The second-order valence-corrected chi connectivity index (χ2v) is 11.2. The average Bonchev–Trinajstić information content (AvgIpc) is 3.26. The number of carbonyl (C=O) groups excluding carboxylic acids is 1. The highest BCUT2D eigenvalue weighted by Gasteiger charge is 2.49. The first-order valence-electron chi connectivity index (χ1n) is 9.73. The number of amides is 1. The Morgan fingerprint density at radius 3 is 2.46 bits per heavy atom. The number of nitrogens with zero attached hydrogens (tertiary/aromatic N) is 2. The Labute approximate surface area is 170 Å². The molecule has 7 heteroatoms. The molecule has 2 aliphatic rings. The molecule has 3 heterocycles. The van der Waals surface area contributed by atoms with Crippen LogP contribution in [0.2, 0.25) is 0 Å². The van der Waals surface area contributed by atoms with Crippen molar-refractivity contribution >= 4 is 32.8 Å². The topological polar surface area (TPSA) is 57.7 Å². The van der Waals surface area contributed by atoms with E-state index < -0.39 is 9.84 Å². The van der Waals surface area contributed by atoms with Crippen molar-refractivity contribution in [3.05, 3.63) is 52.2 Å². The van der Waals surface area contributed by atoms with Crippen LogP contribution < -0.4 is 4.90 Å². The fraction of sp³-hybridized carbons (Fsp3) is 0.476. The number of rotatable bonds is 5. The number of fused-ring (bicyclic) bond motifs is 1. The van der Waals surface area contributed by atoms with Gasteiger partial charge in [0, 0.05) is 23.2 Å². The zero-order valence-electron chi connectivity index (χ0n) is 16.2. The number of benzene rings is 1. The maximum absolute atomic E-state index is 13.0. The highest BCUT2D eigenvalue weighted by molar-refractivity contribution is 7.91. The molecule has 4 rings (SSSR count). The fourth-order valence-electron chi connectivity index (χ4n) is 4.27. The number of piperazine rings is 1. The van der Waals surface area contributed by atoms with Crippen molar-refractivity contribution in [3.63, 3.8) is 0 Å². The van der Waals surface area contributed by atoms with Gasteiger partial charge in [0.2, 0.25) is 5.91 Å². The summed E-state index contributed by atoms with van der Waals surface area (Å²) < 4.78 is 24.9. The SMILES string of the molecule is CC(C)c1ccc(N2C(=O)CN(CCc3cccs3)C3CS(=O)(=O)CC32)cc1. The molecule has 150 valence electrons. The van der Waals surface area contributed by atoms with Gasteiger partial charge in [-0.1, -0.05) is 32.0 Å². The van der Waals surface area contributed by atoms with Crippen molar-refractivity contribution in [1.29, 1.82) is 0 Å². The Kier molecular flexibility index (Phi) is 5.33. The van der Waals surface area contributed by atoms with E-state index in [9.17, 15) is 13.2 Å². The molecule has 2 aliphatic heterocycles. The minimum atomic E-state index is -3.15. The third-order valence-corrected chi connectivity index (χ3v) is 8.40. The molecule has 2 saturated heterocycles. The predicted octanol–water partition coefficient (Wildman–Crippen LogP) is 2.93. The summed E-state index contributed by atoms with van der Waals surface area (Å²) in [5.41, 5.74) is 2.01. The van der Waals surface area contributed by atoms with Crippen LogP contribution in [0, 0.1) is 0 Å². The van der Waals surface area contributed by atoms with Gasteiger partial charge in [-0.15, -0.1) is 11.3 Å². The van der Waals surface area contributed by atoms with Crippen LogP contribution in [0.15, 0.2) is 41.8 Å².